The first-order valence-electron chi connectivity index (χ1n) is 5.10. The maximum absolute atomic E-state index is 11.6. The van der Waals surface area contributed by atoms with Crippen LogP contribution in [0.3, 0.4) is 0 Å². The van der Waals surface area contributed by atoms with Gasteiger partial charge in [0.2, 0.25) is 0 Å². The molecule has 1 aliphatic heterocycles. The Morgan fingerprint density at radius 1 is 1.60 bits per heavy atom. The molecule has 1 saturated heterocycles. The summed E-state index contributed by atoms with van der Waals surface area (Å²) in [6, 6.07) is 0. The van der Waals surface area contributed by atoms with Crippen LogP contribution in [0.2, 0.25) is 0 Å². The zero-order valence-corrected chi connectivity index (χ0v) is 9.62. The quantitative estimate of drug-likeness (QED) is 0.672. The molecule has 1 heterocycles. The van der Waals surface area contributed by atoms with Crippen LogP contribution in [0.15, 0.2) is 12.7 Å². The molecule has 0 saturated carbocycles. The topological polar surface area (TPSA) is 49.8 Å². The van der Waals surface area contributed by atoms with Crippen molar-refractivity contribution in [3.8, 4) is 0 Å². The molecule has 1 fully saturated rings. The summed E-state index contributed by atoms with van der Waals surface area (Å²) in [5.74, 6) is 0. The molecule has 0 spiro atoms. The molecule has 1 amide bonds. The van der Waals surface area contributed by atoms with Gasteiger partial charge in [-0.2, -0.15) is 0 Å². The summed E-state index contributed by atoms with van der Waals surface area (Å²) in [5.41, 5.74) is -1.44. The van der Waals surface area contributed by atoms with Crippen molar-refractivity contribution in [2.45, 2.75) is 38.4 Å². The molecular formula is C11H19NO3. The molecule has 86 valence electrons. The third-order valence-corrected chi connectivity index (χ3v) is 2.31. The van der Waals surface area contributed by atoms with Gasteiger partial charge in [-0.3, -0.25) is 0 Å². The highest BCUT2D eigenvalue weighted by Crippen LogP contribution is 2.23. The van der Waals surface area contributed by atoms with Crippen molar-refractivity contribution < 1.29 is 14.6 Å². The molecule has 0 aromatic rings. The second-order valence-corrected chi connectivity index (χ2v) is 4.96. The molecule has 1 rings (SSSR count). The molecule has 0 aliphatic carbocycles. The molecule has 0 aromatic carbocycles. The fraction of sp³-hybridized carbons (Fsp3) is 0.727. The van der Waals surface area contributed by atoms with E-state index in [0.29, 0.717) is 13.0 Å². The lowest BCUT2D eigenvalue weighted by atomic mass is 10.0. The second-order valence-electron chi connectivity index (χ2n) is 4.96. The Labute approximate surface area is 90.5 Å². The lowest BCUT2D eigenvalue weighted by molar-refractivity contribution is 0.0231. The van der Waals surface area contributed by atoms with Crippen molar-refractivity contribution in [1.29, 1.82) is 0 Å². The monoisotopic (exact) mass is 213 g/mol. The van der Waals surface area contributed by atoms with Gasteiger partial charge in [-0.1, -0.05) is 6.08 Å². The van der Waals surface area contributed by atoms with Crippen LogP contribution in [-0.2, 0) is 4.74 Å². The zero-order chi connectivity index (χ0) is 11.7. The summed E-state index contributed by atoms with van der Waals surface area (Å²) < 4.78 is 5.20. The van der Waals surface area contributed by atoms with Crippen LogP contribution in [0.25, 0.3) is 0 Å². The molecule has 1 atom stereocenters. The predicted octanol–water partition coefficient (Wildman–Crippen LogP) is 1.54. The minimum absolute atomic E-state index is 0.269. The Hall–Kier alpha value is -1.03. The van der Waals surface area contributed by atoms with E-state index in [4.69, 9.17) is 4.74 Å². The first-order valence-corrected chi connectivity index (χ1v) is 5.10. The number of rotatable bonds is 1. The summed E-state index contributed by atoms with van der Waals surface area (Å²) in [7, 11) is 0. The lowest BCUT2D eigenvalue weighted by Crippen LogP contribution is -2.38. The number of likely N-dealkylation sites (tertiary alicyclic amines) is 1. The Morgan fingerprint density at radius 3 is 2.60 bits per heavy atom. The van der Waals surface area contributed by atoms with Crippen molar-refractivity contribution >= 4 is 6.09 Å². The van der Waals surface area contributed by atoms with E-state index in [2.05, 4.69) is 6.58 Å². The van der Waals surface area contributed by atoms with Crippen molar-refractivity contribution in [2.24, 2.45) is 0 Å². The molecule has 15 heavy (non-hydrogen) atoms. The van der Waals surface area contributed by atoms with Crippen LogP contribution in [0, 0.1) is 0 Å². The van der Waals surface area contributed by atoms with Crippen LogP contribution in [0.1, 0.15) is 27.2 Å². The number of hydrogen-bond acceptors (Lipinski definition) is 3. The molecule has 0 bridgehead atoms. The van der Waals surface area contributed by atoms with Gasteiger partial charge < -0.3 is 14.7 Å². The molecule has 0 radical (unpaired) electrons. The van der Waals surface area contributed by atoms with Gasteiger partial charge in [0.25, 0.3) is 0 Å². The SMILES string of the molecule is C=C[C@@]1(O)CCN(C(=O)OC(C)(C)C)C1. The van der Waals surface area contributed by atoms with Crippen LogP contribution in [-0.4, -0.2) is 40.4 Å². The van der Waals surface area contributed by atoms with Gasteiger partial charge in [0, 0.05) is 6.54 Å². The second kappa shape index (κ2) is 3.85. The first kappa shape index (κ1) is 12.0. The standard InChI is InChI=1S/C11H19NO3/c1-5-11(14)6-7-12(8-11)9(13)15-10(2,3)4/h5,14H,1,6-8H2,2-4H3/t11-/m1/s1. The Kier molecular flexibility index (Phi) is 3.09. The smallest absolute Gasteiger partial charge is 0.410 e. The molecule has 1 aliphatic rings. The first-order chi connectivity index (χ1) is 6.76. The van der Waals surface area contributed by atoms with Crippen molar-refractivity contribution in [2.75, 3.05) is 13.1 Å². The van der Waals surface area contributed by atoms with Gasteiger partial charge in [-0.25, -0.2) is 4.79 Å². The predicted molar refractivity (Wildman–Crippen MR) is 57.6 cm³/mol. The molecule has 1 N–H and O–H groups in total. The number of ether oxygens (including phenoxy) is 1. The third-order valence-electron chi connectivity index (χ3n) is 2.31. The van der Waals surface area contributed by atoms with E-state index < -0.39 is 11.2 Å². The fourth-order valence-electron chi connectivity index (χ4n) is 1.47. The van der Waals surface area contributed by atoms with E-state index in [0.717, 1.165) is 0 Å². The Balaban J connectivity index is 2.54. The van der Waals surface area contributed by atoms with Crippen molar-refractivity contribution in [1.82, 2.24) is 4.90 Å². The number of carbonyl (C=O) groups excluding carboxylic acids is 1. The van der Waals surface area contributed by atoms with Gasteiger partial charge in [-0.05, 0) is 27.2 Å². The fourth-order valence-corrected chi connectivity index (χ4v) is 1.47. The van der Waals surface area contributed by atoms with E-state index in [1.165, 1.54) is 11.0 Å². The Bertz CT molecular complexity index is 269. The Morgan fingerprint density at radius 2 is 2.20 bits per heavy atom. The number of hydrogen-bond donors (Lipinski definition) is 1. The third kappa shape index (κ3) is 3.23. The number of carbonyl (C=O) groups is 1. The number of amides is 1. The van der Waals surface area contributed by atoms with E-state index in [1.54, 1.807) is 0 Å². The maximum atomic E-state index is 11.6. The van der Waals surface area contributed by atoms with Gasteiger partial charge >= 0.3 is 6.09 Å². The van der Waals surface area contributed by atoms with E-state index >= 15 is 0 Å². The van der Waals surface area contributed by atoms with Gasteiger partial charge in [0.05, 0.1) is 6.54 Å². The summed E-state index contributed by atoms with van der Waals surface area (Å²) >= 11 is 0. The van der Waals surface area contributed by atoms with Crippen LogP contribution in [0.5, 0.6) is 0 Å². The molecule has 0 unspecified atom stereocenters. The maximum Gasteiger partial charge on any atom is 0.410 e. The van der Waals surface area contributed by atoms with Gasteiger partial charge in [-0.15, -0.1) is 6.58 Å². The van der Waals surface area contributed by atoms with Crippen LogP contribution < -0.4 is 0 Å². The highest BCUT2D eigenvalue weighted by Gasteiger charge is 2.37. The molecule has 4 heteroatoms. The summed E-state index contributed by atoms with van der Waals surface area (Å²) in [6.45, 7) is 9.79. The van der Waals surface area contributed by atoms with Crippen molar-refractivity contribution in [3.63, 3.8) is 0 Å². The summed E-state index contributed by atoms with van der Waals surface area (Å²) in [4.78, 5) is 13.1. The largest absolute Gasteiger partial charge is 0.444 e. The van der Waals surface area contributed by atoms with Crippen LogP contribution in [0.4, 0.5) is 4.79 Å². The molecular weight excluding hydrogens is 194 g/mol. The molecule has 0 aromatic heterocycles. The normalized spacial score (nSPS) is 26.5. The average molecular weight is 213 g/mol. The summed E-state index contributed by atoms with van der Waals surface area (Å²) in [5, 5.41) is 9.85. The van der Waals surface area contributed by atoms with Crippen LogP contribution >= 0.6 is 0 Å². The lowest BCUT2D eigenvalue weighted by Gasteiger charge is -2.25. The average Bonchev–Trinajstić information content (AvgIpc) is 2.46. The summed E-state index contributed by atoms with van der Waals surface area (Å²) in [6.07, 6.45) is 1.63. The molecule has 4 nitrogen and oxygen atoms in total. The minimum Gasteiger partial charge on any atom is -0.444 e. The minimum atomic E-state index is -0.948. The van der Waals surface area contributed by atoms with E-state index in [-0.39, 0.29) is 12.6 Å². The van der Waals surface area contributed by atoms with Gasteiger partial charge in [0.1, 0.15) is 11.2 Å². The number of β-amino-alcohol motifs (C(OH)–C–C–N with tert-alkyl or cyclic N) is 1. The van der Waals surface area contributed by atoms with E-state index in [9.17, 15) is 9.90 Å². The number of nitrogens with zero attached hydrogens (tertiary/aromatic N) is 1. The van der Waals surface area contributed by atoms with Crippen molar-refractivity contribution in [3.05, 3.63) is 12.7 Å². The van der Waals surface area contributed by atoms with Gasteiger partial charge in [0.15, 0.2) is 0 Å². The highest BCUT2D eigenvalue weighted by molar-refractivity contribution is 5.68. The number of aliphatic hydroxyl groups is 1. The zero-order valence-electron chi connectivity index (χ0n) is 9.62. The van der Waals surface area contributed by atoms with E-state index in [1.807, 2.05) is 20.8 Å². The highest BCUT2D eigenvalue weighted by atomic mass is 16.6.